The van der Waals surface area contributed by atoms with E-state index >= 15 is 0 Å². The highest BCUT2D eigenvalue weighted by Crippen LogP contribution is 2.66. The molecule has 1 heterocycles. The van der Waals surface area contributed by atoms with E-state index in [1.807, 2.05) is 0 Å². The van der Waals surface area contributed by atoms with E-state index in [-0.39, 0.29) is 18.0 Å². The van der Waals surface area contributed by atoms with Crippen LogP contribution < -0.4 is 0 Å². The van der Waals surface area contributed by atoms with Gasteiger partial charge >= 0.3 is 0 Å². The molecule has 0 spiro atoms. The summed E-state index contributed by atoms with van der Waals surface area (Å²) < 4.78 is 19.7. The van der Waals surface area contributed by atoms with E-state index in [2.05, 4.69) is 19.9 Å². The molecule has 1 aromatic rings. The van der Waals surface area contributed by atoms with Crippen LogP contribution >= 0.6 is 0 Å². The first-order valence-electron chi connectivity index (χ1n) is 12.7. The third kappa shape index (κ3) is 3.04. The lowest BCUT2D eigenvalue weighted by atomic mass is 9.47. The third-order valence-corrected chi connectivity index (χ3v) is 10.4. The number of nitrogens with zero attached hydrogens (tertiary/aromatic N) is 1. The molecule has 0 amide bonds. The summed E-state index contributed by atoms with van der Waals surface area (Å²) in [5, 5.41) is 10.2. The molecule has 0 aromatic heterocycles. The molecule has 3 fully saturated rings. The lowest BCUT2D eigenvalue weighted by Crippen LogP contribution is -2.51. The fourth-order valence-corrected chi connectivity index (χ4v) is 8.65. The smallest absolute Gasteiger partial charge is 0.216 e. The van der Waals surface area contributed by atoms with Crippen LogP contribution in [-0.2, 0) is 4.74 Å². The lowest BCUT2D eigenvalue weighted by molar-refractivity contribution is -0.0646. The van der Waals surface area contributed by atoms with Crippen LogP contribution in [-0.4, -0.2) is 29.8 Å². The van der Waals surface area contributed by atoms with Crippen molar-refractivity contribution in [2.45, 2.75) is 77.4 Å². The summed E-state index contributed by atoms with van der Waals surface area (Å²) in [4.78, 5) is 4.72. The van der Waals surface area contributed by atoms with E-state index in [1.165, 1.54) is 44.2 Å². The highest BCUT2D eigenvalue weighted by Gasteiger charge is 2.60. The van der Waals surface area contributed by atoms with E-state index < -0.39 is 0 Å². The van der Waals surface area contributed by atoms with Gasteiger partial charge in [-0.2, -0.15) is 0 Å². The van der Waals surface area contributed by atoms with E-state index in [0.717, 1.165) is 49.1 Å². The number of fused-ring (bicyclic) bond motifs is 5. The van der Waals surface area contributed by atoms with Gasteiger partial charge in [-0.05, 0) is 104 Å². The molecule has 0 unspecified atom stereocenters. The second-order valence-corrected chi connectivity index (χ2v) is 11.7. The summed E-state index contributed by atoms with van der Waals surface area (Å²) in [5.41, 5.74) is 3.04. The van der Waals surface area contributed by atoms with Crippen LogP contribution in [0.4, 0.5) is 4.39 Å². The van der Waals surface area contributed by atoms with Gasteiger partial charge in [0.15, 0.2) is 0 Å². The van der Waals surface area contributed by atoms with Crippen molar-refractivity contribution in [1.82, 2.24) is 0 Å². The summed E-state index contributed by atoms with van der Waals surface area (Å²) in [7, 11) is 0. The Hall–Kier alpha value is -1.68. The fourth-order valence-electron chi connectivity index (χ4n) is 8.65. The lowest BCUT2D eigenvalue weighted by Gasteiger charge is -2.58. The molecule has 8 atom stereocenters. The molecule has 1 aliphatic heterocycles. The molecule has 5 aliphatic rings. The Morgan fingerprint density at radius 2 is 1.78 bits per heavy atom. The zero-order valence-electron chi connectivity index (χ0n) is 19.4. The third-order valence-electron chi connectivity index (χ3n) is 10.4. The SMILES string of the molecule is C[C@]12CC[C@H]3[C@@H](CC=C4C[C@@H](O)CC[C@@]43C)[C@@H]1CC[C@@H]2[C@@H]1CN=C(c2ccc(F)cc2)O1. The number of aliphatic hydroxyl groups excluding tert-OH is 1. The van der Waals surface area contributed by atoms with Crippen LogP contribution in [0.1, 0.15) is 70.8 Å². The quantitative estimate of drug-likeness (QED) is 0.584. The normalized spacial score (nSPS) is 45.2. The van der Waals surface area contributed by atoms with Gasteiger partial charge in [-0.25, -0.2) is 9.38 Å². The van der Waals surface area contributed by atoms with Crippen LogP contribution in [0.3, 0.4) is 0 Å². The predicted molar refractivity (Wildman–Crippen MR) is 124 cm³/mol. The zero-order chi connectivity index (χ0) is 22.1. The zero-order valence-corrected chi connectivity index (χ0v) is 19.4. The monoisotopic (exact) mass is 437 g/mol. The molecule has 4 aliphatic carbocycles. The first-order valence-corrected chi connectivity index (χ1v) is 12.7. The van der Waals surface area contributed by atoms with Gasteiger partial charge in [0.1, 0.15) is 11.9 Å². The first kappa shape index (κ1) is 20.9. The van der Waals surface area contributed by atoms with Crippen molar-refractivity contribution >= 4 is 5.90 Å². The molecular formula is C28H36FNO2. The Kier molecular flexibility index (Phi) is 4.84. The number of hydrogen-bond donors (Lipinski definition) is 1. The maximum Gasteiger partial charge on any atom is 0.216 e. The summed E-state index contributed by atoms with van der Waals surface area (Å²) in [5.74, 6) is 3.30. The Morgan fingerprint density at radius 1 is 1.00 bits per heavy atom. The second-order valence-electron chi connectivity index (χ2n) is 11.7. The minimum atomic E-state index is -0.224. The van der Waals surface area contributed by atoms with E-state index in [1.54, 1.807) is 17.7 Å². The van der Waals surface area contributed by atoms with Crippen LogP contribution in [0, 0.1) is 40.3 Å². The number of ether oxygens (including phenoxy) is 1. The summed E-state index contributed by atoms with van der Waals surface area (Å²) in [6.45, 7) is 5.77. The van der Waals surface area contributed by atoms with Crippen molar-refractivity contribution in [3.63, 3.8) is 0 Å². The van der Waals surface area contributed by atoms with Gasteiger partial charge in [-0.15, -0.1) is 0 Å². The number of aliphatic imine (C=N–C) groups is 1. The molecule has 0 radical (unpaired) electrons. The van der Waals surface area contributed by atoms with Crippen molar-refractivity contribution in [1.29, 1.82) is 0 Å². The van der Waals surface area contributed by atoms with Crippen LogP contribution in [0.5, 0.6) is 0 Å². The second kappa shape index (κ2) is 7.41. The summed E-state index contributed by atoms with van der Waals surface area (Å²) >= 11 is 0. The van der Waals surface area contributed by atoms with Gasteiger partial charge in [0.05, 0.1) is 12.6 Å². The van der Waals surface area contributed by atoms with Crippen molar-refractivity contribution < 1.29 is 14.2 Å². The number of hydrogen-bond acceptors (Lipinski definition) is 3. The highest BCUT2D eigenvalue weighted by atomic mass is 19.1. The van der Waals surface area contributed by atoms with Crippen LogP contribution in [0.15, 0.2) is 40.9 Å². The van der Waals surface area contributed by atoms with Gasteiger partial charge in [0.25, 0.3) is 0 Å². The molecule has 0 saturated heterocycles. The highest BCUT2D eigenvalue weighted by molar-refractivity contribution is 5.95. The number of rotatable bonds is 2. The van der Waals surface area contributed by atoms with Gasteiger partial charge in [0.2, 0.25) is 5.90 Å². The van der Waals surface area contributed by atoms with Gasteiger partial charge in [-0.3, -0.25) is 0 Å². The topological polar surface area (TPSA) is 41.8 Å². The first-order chi connectivity index (χ1) is 15.4. The van der Waals surface area contributed by atoms with Gasteiger partial charge < -0.3 is 9.84 Å². The maximum absolute atomic E-state index is 13.3. The van der Waals surface area contributed by atoms with Gasteiger partial charge in [0, 0.05) is 11.5 Å². The van der Waals surface area contributed by atoms with Gasteiger partial charge in [-0.1, -0.05) is 25.5 Å². The minimum absolute atomic E-state index is 0.134. The molecular weight excluding hydrogens is 401 g/mol. The summed E-state index contributed by atoms with van der Waals surface area (Å²) in [6, 6.07) is 6.51. The average molecular weight is 438 g/mol. The van der Waals surface area contributed by atoms with E-state index in [0.29, 0.717) is 22.6 Å². The Morgan fingerprint density at radius 3 is 2.59 bits per heavy atom. The number of benzene rings is 1. The molecule has 0 bridgehead atoms. The van der Waals surface area contributed by atoms with E-state index in [9.17, 15) is 9.50 Å². The molecule has 6 rings (SSSR count). The van der Waals surface area contributed by atoms with E-state index in [4.69, 9.17) is 9.73 Å². The average Bonchev–Trinajstić information content (AvgIpc) is 3.39. The molecule has 32 heavy (non-hydrogen) atoms. The summed E-state index contributed by atoms with van der Waals surface area (Å²) in [6.07, 6.45) is 11.8. The molecule has 3 nitrogen and oxygen atoms in total. The Bertz CT molecular complexity index is 955. The van der Waals surface area contributed by atoms with Crippen molar-refractivity contribution in [2.24, 2.45) is 39.5 Å². The molecule has 1 aromatic carbocycles. The van der Waals surface area contributed by atoms with Crippen molar-refractivity contribution in [2.75, 3.05) is 6.54 Å². The number of halogens is 1. The van der Waals surface area contributed by atoms with Crippen molar-refractivity contribution in [3.8, 4) is 0 Å². The molecule has 4 heteroatoms. The van der Waals surface area contributed by atoms with Crippen molar-refractivity contribution in [3.05, 3.63) is 47.3 Å². The van der Waals surface area contributed by atoms with Crippen LogP contribution in [0.25, 0.3) is 0 Å². The molecule has 1 N–H and O–H groups in total. The molecule has 3 saturated carbocycles. The van der Waals surface area contributed by atoms with Crippen LogP contribution in [0.2, 0.25) is 0 Å². The standard InChI is InChI=1S/C28H36FNO2/c1-27-13-11-20(31)15-18(27)5-8-21-22-9-10-24(28(22,2)14-12-23(21)27)25-16-30-26(32-25)17-3-6-19(29)7-4-17/h3-7,20-25,31H,8-16H2,1-2H3/t20-,21-,22-,23-,24+,25-,27-,28-/m0/s1. The minimum Gasteiger partial charge on any atom is -0.472 e. The fraction of sp³-hybridized carbons (Fsp3) is 0.679. The maximum atomic E-state index is 13.3. The molecule has 172 valence electrons. The largest absolute Gasteiger partial charge is 0.472 e. The predicted octanol–water partition coefficient (Wildman–Crippen LogP) is 5.91. The Labute approximate surface area is 191 Å². The number of allylic oxidation sites excluding steroid dienone is 1. The Balaban J connectivity index is 1.21. The number of aliphatic hydroxyl groups is 1.